The monoisotopic (exact) mass is 599 g/mol. The molecule has 4 bridgehead atoms. The van der Waals surface area contributed by atoms with Gasteiger partial charge in [0.05, 0.1) is 21.0 Å². The van der Waals surface area contributed by atoms with Crippen LogP contribution in [-0.4, -0.2) is 32.5 Å². The summed E-state index contributed by atoms with van der Waals surface area (Å²) in [4.78, 5) is 21.8. The number of urea groups is 1. The van der Waals surface area contributed by atoms with Crippen LogP contribution in [0, 0.1) is 10.6 Å². The zero-order chi connectivity index (χ0) is 29.9. The number of aromatic nitrogens is 2. The number of carbonyl (C=O) groups excluding carboxylic acids is 1. The highest BCUT2D eigenvalue weighted by atomic mass is 32.2. The fraction of sp³-hybridized carbons (Fsp3) is 0.179. The molecule has 0 fully saturated rings. The Bertz CT molecular complexity index is 1730. The highest BCUT2D eigenvalue weighted by Crippen LogP contribution is 2.32. The molecule has 0 saturated heterocycles. The second-order valence-corrected chi connectivity index (χ2v) is 11.7. The molecule has 0 radical (unpaired) electrons. The maximum Gasteiger partial charge on any atom is 0.416 e. The molecule has 42 heavy (non-hydrogen) atoms. The number of benzene rings is 3. The molecule has 1 aromatic heterocycles. The van der Waals surface area contributed by atoms with E-state index in [-0.39, 0.29) is 5.75 Å². The maximum atomic E-state index is 14.0. The Balaban J connectivity index is 1.33. The van der Waals surface area contributed by atoms with Crippen molar-refractivity contribution in [1.82, 2.24) is 9.97 Å². The molecule has 9 nitrogen and oxygen atoms in total. The second kappa shape index (κ2) is 11.6. The van der Waals surface area contributed by atoms with Gasteiger partial charge in [0.2, 0.25) is 5.95 Å². The average Bonchev–Trinajstić information content (AvgIpc) is 2.94. The van der Waals surface area contributed by atoms with Crippen LogP contribution in [0.25, 0.3) is 11.1 Å². The van der Waals surface area contributed by atoms with Gasteiger partial charge < -0.3 is 21.3 Å². The van der Waals surface area contributed by atoms with Gasteiger partial charge in [-0.2, -0.15) is 18.2 Å². The summed E-state index contributed by atoms with van der Waals surface area (Å²) in [5.74, 6) is 0.0597. The lowest BCUT2D eigenvalue weighted by atomic mass is 10.1. The first-order chi connectivity index (χ1) is 20.0. The molecular weight excluding hydrogens is 574 g/mol. The summed E-state index contributed by atoms with van der Waals surface area (Å²) in [7, 11) is -2.93. The van der Waals surface area contributed by atoms with Gasteiger partial charge in [-0.3, -0.25) is 0 Å². The van der Waals surface area contributed by atoms with Crippen LogP contribution in [0.5, 0.6) is 0 Å². The Kier molecular flexibility index (Phi) is 7.98. The van der Waals surface area contributed by atoms with Crippen LogP contribution in [0.2, 0.25) is 0 Å². The third kappa shape index (κ3) is 6.77. The van der Waals surface area contributed by atoms with E-state index in [1.54, 1.807) is 54.7 Å². The highest BCUT2D eigenvalue weighted by molar-refractivity contribution is 7.92. The third-order valence-corrected chi connectivity index (χ3v) is 8.29. The van der Waals surface area contributed by atoms with E-state index in [0.29, 0.717) is 76.7 Å². The molecule has 1 aliphatic heterocycles. The van der Waals surface area contributed by atoms with Crippen LogP contribution in [0.3, 0.4) is 0 Å². The van der Waals surface area contributed by atoms with Crippen molar-refractivity contribution in [2.75, 3.05) is 33.6 Å². The molecule has 0 saturated carbocycles. The minimum absolute atomic E-state index is 0.233. The molecule has 2 amide bonds. The summed E-state index contributed by atoms with van der Waals surface area (Å²) in [6.07, 6.45) is -1.83. The molecule has 14 heteroatoms. The fourth-order valence-corrected chi connectivity index (χ4v) is 5.73. The summed E-state index contributed by atoms with van der Waals surface area (Å²) in [6, 6.07) is 14.2. The summed E-state index contributed by atoms with van der Waals surface area (Å²) in [5, 5.41) is 10.9. The van der Waals surface area contributed by atoms with Gasteiger partial charge in [0.15, 0.2) is 0 Å². The van der Waals surface area contributed by atoms with Crippen LogP contribution in [0.15, 0.2) is 77.8 Å². The van der Waals surface area contributed by atoms with Crippen molar-refractivity contribution in [3.8, 4) is 11.1 Å². The van der Waals surface area contributed by atoms with Crippen molar-refractivity contribution < 1.29 is 26.6 Å². The Morgan fingerprint density at radius 1 is 1.00 bits per heavy atom. The second-order valence-electron chi connectivity index (χ2n) is 9.47. The molecule has 4 aromatic rings. The Morgan fingerprint density at radius 3 is 2.55 bits per heavy atom. The minimum Gasteiger partial charge on any atom is -0.369 e. The quantitative estimate of drug-likeness (QED) is 0.157. The van der Waals surface area contributed by atoms with Gasteiger partial charge in [0, 0.05) is 40.3 Å². The first kappa shape index (κ1) is 28.8. The summed E-state index contributed by atoms with van der Waals surface area (Å²) < 4.78 is 74.1. The number of halogens is 4. The normalized spacial score (nSPS) is 17.0. The van der Waals surface area contributed by atoms with Crippen LogP contribution in [0.4, 0.5) is 51.2 Å². The predicted molar refractivity (Wildman–Crippen MR) is 153 cm³/mol. The maximum absolute atomic E-state index is 14.0. The lowest BCUT2D eigenvalue weighted by Gasteiger charge is -2.14. The average molecular weight is 600 g/mol. The molecule has 3 aromatic carbocycles. The number of fused-ring (bicyclic) bond motifs is 4. The Hall–Kier alpha value is -4.72. The molecule has 2 heterocycles. The number of anilines is 5. The molecule has 0 spiro atoms. The Labute approximate surface area is 238 Å². The molecule has 1 atom stereocenters. The third-order valence-electron chi connectivity index (χ3n) is 6.41. The number of nitrogens with zero attached hydrogens (tertiary/aromatic N) is 2. The van der Waals surface area contributed by atoms with Gasteiger partial charge in [0.25, 0.3) is 0 Å². The van der Waals surface area contributed by atoms with E-state index in [4.69, 9.17) is 4.78 Å². The molecule has 218 valence electrons. The number of hydrogen-bond acceptors (Lipinski definition) is 7. The fourth-order valence-electron chi connectivity index (χ4n) is 4.27. The first-order valence-corrected chi connectivity index (χ1v) is 14.5. The zero-order valence-electron chi connectivity index (χ0n) is 21.9. The van der Waals surface area contributed by atoms with Crippen molar-refractivity contribution in [3.05, 3.63) is 84.3 Å². The van der Waals surface area contributed by atoms with Crippen molar-refractivity contribution in [1.29, 1.82) is 4.78 Å². The van der Waals surface area contributed by atoms with E-state index in [9.17, 15) is 26.6 Å². The van der Waals surface area contributed by atoms with E-state index >= 15 is 0 Å². The molecule has 1 unspecified atom stereocenters. The van der Waals surface area contributed by atoms with Crippen molar-refractivity contribution >= 4 is 44.6 Å². The van der Waals surface area contributed by atoms with Crippen LogP contribution in [0.1, 0.15) is 18.4 Å². The van der Waals surface area contributed by atoms with Crippen LogP contribution >= 0.6 is 0 Å². The highest BCUT2D eigenvalue weighted by Gasteiger charge is 2.31. The van der Waals surface area contributed by atoms with Gasteiger partial charge in [-0.15, -0.1) is 0 Å². The van der Waals surface area contributed by atoms with Crippen molar-refractivity contribution in [2.24, 2.45) is 0 Å². The number of carbonyl (C=O) groups is 1. The predicted octanol–water partition coefficient (Wildman–Crippen LogP) is 7.30. The summed E-state index contributed by atoms with van der Waals surface area (Å²) >= 11 is 0. The standard InChI is InChI=1S/C28H25F4N7O2S/c29-23-11-8-18(28(30,31)32)14-24(23)38-27(40)37-19-9-6-17(7-10-19)22-16-35-26-36-20-4-3-5-21(15-20)42(33,41)13-2-1-12-34-25(22)39-26/h3-11,14-16,33H,1-2,12-13H2,(H2,37,38,40)(H2,34,35,36,39). The number of rotatable bonds is 3. The van der Waals surface area contributed by atoms with E-state index in [1.807, 2.05) is 0 Å². The van der Waals surface area contributed by atoms with Gasteiger partial charge >= 0.3 is 12.2 Å². The van der Waals surface area contributed by atoms with Crippen LogP contribution < -0.4 is 21.3 Å². The first-order valence-electron chi connectivity index (χ1n) is 12.8. The lowest BCUT2D eigenvalue weighted by Crippen LogP contribution is -2.20. The summed E-state index contributed by atoms with van der Waals surface area (Å²) in [6.45, 7) is 0.516. The lowest BCUT2D eigenvalue weighted by molar-refractivity contribution is -0.137. The molecule has 0 aliphatic carbocycles. The van der Waals surface area contributed by atoms with E-state index < -0.39 is 39.0 Å². The zero-order valence-corrected chi connectivity index (χ0v) is 22.7. The van der Waals surface area contributed by atoms with Gasteiger partial charge in [-0.25, -0.2) is 23.2 Å². The largest absolute Gasteiger partial charge is 0.416 e. The van der Waals surface area contributed by atoms with E-state index in [0.717, 1.165) is 0 Å². The SMILES string of the molecule is N=S1(=O)CCCCNc2nc(ncc2-c2ccc(NC(=O)Nc3cc(C(F)(F)F)ccc3F)cc2)Nc2cccc1c2. The van der Waals surface area contributed by atoms with Gasteiger partial charge in [-0.05, 0) is 66.9 Å². The van der Waals surface area contributed by atoms with Gasteiger partial charge in [-0.1, -0.05) is 18.2 Å². The molecule has 5 rings (SSSR count). The van der Waals surface area contributed by atoms with E-state index in [2.05, 4.69) is 31.2 Å². The van der Waals surface area contributed by atoms with E-state index in [1.165, 1.54) is 0 Å². The number of hydrogen-bond donors (Lipinski definition) is 5. The van der Waals surface area contributed by atoms with Crippen molar-refractivity contribution in [2.45, 2.75) is 23.9 Å². The molecular formula is C28H25F4N7O2S. The number of amides is 2. The smallest absolute Gasteiger partial charge is 0.369 e. The number of alkyl halides is 3. The van der Waals surface area contributed by atoms with Crippen molar-refractivity contribution in [3.63, 3.8) is 0 Å². The molecule has 1 aliphatic rings. The van der Waals surface area contributed by atoms with Gasteiger partial charge in [0.1, 0.15) is 11.6 Å². The molecule has 5 N–H and O–H groups in total. The summed E-state index contributed by atoms with van der Waals surface area (Å²) in [5.41, 5.74) is 0.593. The van der Waals surface area contributed by atoms with Crippen LogP contribution in [-0.2, 0) is 15.9 Å². The minimum atomic E-state index is -4.69. The topological polar surface area (TPSA) is 132 Å². The number of nitrogens with one attached hydrogen (secondary N) is 5. The Morgan fingerprint density at radius 2 is 1.79 bits per heavy atom.